The molecule has 4 nitrogen and oxygen atoms in total. The molecule has 116 valence electrons. The third kappa shape index (κ3) is 3.92. The van der Waals surface area contributed by atoms with Crippen LogP contribution in [0, 0.1) is 0 Å². The molecular formula is C17H13Cl2N3O. The number of aromatic nitrogens is 1. The molecule has 0 bridgehead atoms. The molecule has 0 atom stereocenters. The predicted molar refractivity (Wildman–Crippen MR) is 94.2 cm³/mol. The van der Waals surface area contributed by atoms with E-state index in [2.05, 4.69) is 15.5 Å². The van der Waals surface area contributed by atoms with Crippen molar-refractivity contribution in [2.45, 2.75) is 6.42 Å². The second-order valence-corrected chi connectivity index (χ2v) is 5.86. The molecule has 1 aromatic heterocycles. The summed E-state index contributed by atoms with van der Waals surface area (Å²) in [7, 11) is 0. The molecule has 3 rings (SSSR count). The number of benzene rings is 2. The molecule has 0 aliphatic heterocycles. The van der Waals surface area contributed by atoms with Gasteiger partial charge in [0.25, 0.3) is 0 Å². The number of nitrogens with one attached hydrogen (secondary N) is 2. The van der Waals surface area contributed by atoms with Gasteiger partial charge in [0, 0.05) is 21.8 Å². The Bertz CT molecular complexity index is 853. The Labute approximate surface area is 143 Å². The lowest BCUT2D eigenvalue weighted by Gasteiger charge is -2.00. The van der Waals surface area contributed by atoms with Crippen LogP contribution in [0.4, 0.5) is 0 Å². The second kappa shape index (κ2) is 6.86. The first-order chi connectivity index (χ1) is 11.1. The third-order valence-electron chi connectivity index (χ3n) is 3.29. The number of carbonyl (C=O) groups is 1. The molecule has 3 aromatic rings. The molecule has 0 fully saturated rings. The van der Waals surface area contributed by atoms with E-state index in [4.69, 9.17) is 23.2 Å². The fourth-order valence-corrected chi connectivity index (χ4v) is 2.68. The number of hydrazone groups is 1. The SMILES string of the molecule is O=C(Cc1cc2ccccc2[nH]1)NN=Cc1ccc(Cl)cc1Cl. The summed E-state index contributed by atoms with van der Waals surface area (Å²) < 4.78 is 0. The second-order valence-electron chi connectivity index (χ2n) is 5.02. The number of fused-ring (bicyclic) bond motifs is 1. The Morgan fingerprint density at radius 3 is 2.78 bits per heavy atom. The van der Waals surface area contributed by atoms with E-state index in [0.29, 0.717) is 15.6 Å². The zero-order chi connectivity index (χ0) is 16.2. The topological polar surface area (TPSA) is 57.2 Å². The van der Waals surface area contributed by atoms with Gasteiger partial charge in [-0.05, 0) is 29.7 Å². The molecule has 0 saturated carbocycles. The van der Waals surface area contributed by atoms with Gasteiger partial charge in [0.15, 0.2) is 0 Å². The highest BCUT2D eigenvalue weighted by Gasteiger charge is 2.05. The van der Waals surface area contributed by atoms with E-state index >= 15 is 0 Å². The van der Waals surface area contributed by atoms with Gasteiger partial charge in [0.05, 0.1) is 17.7 Å². The van der Waals surface area contributed by atoms with E-state index < -0.39 is 0 Å². The number of hydrogen-bond acceptors (Lipinski definition) is 2. The molecule has 23 heavy (non-hydrogen) atoms. The van der Waals surface area contributed by atoms with E-state index in [1.807, 2.05) is 30.3 Å². The van der Waals surface area contributed by atoms with Crippen molar-refractivity contribution in [3.8, 4) is 0 Å². The molecule has 0 aliphatic rings. The largest absolute Gasteiger partial charge is 0.358 e. The summed E-state index contributed by atoms with van der Waals surface area (Å²) >= 11 is 11.8. The van der Waals surface area contributed by atoms with Gasteiger partial charge in [0.1, 0.15) is 0 Å². The van der Waals surface area contributed by atoms with Crippen LogP contribution in [0.3, 0.4) is 0 Å². The molecule has 1 heterocycles. The summed E-state index contributed by atoms with van der Waals surface area (Å²) in [4.78, 5) is 15.1. The Kier molecular flexibility index (Phi) is 4.65. The number of para-hydroxylation sites is 1. The van der Waals surface area contributed by atoms with Crippen LogP contribution in [-0.4, -0.2) is 17.1 Å². The number of aromatic amines is 1. The fourth-order valence-electron chi connectivity index (χ4n) is 2.22. The third-order valence-corrected chi connectivity index (χ3v) is 3.85. The maximum absolute atomic E-state index is 11.9. The lowest BCUT2D eigenvalue weighted by Crippen LogP contribution is -2.19. The number of hydrogen-bond donors (Lipinski definition) is 2. The summed E-state index contributed by atoms with van der Waals surface area (Å²) in [5.41, 5.74) is 5.01. The van der Waals surface area contributed by atoms with Crippen LogP contribution in [0.5, 0.6) is 0 Å². The molecule has 0 unspecified atom stereocenters. The minimum absolute atomic E-state index is 0.210. The molecule has 2 aromatic carbocycles. The summed E-state index contributed by atoms with van der Waals surface area (Å²) in [6.45, 7) is 0. The van der Waals surface area contributed by atoms with Crippen molar-refractivity contribution in [1.82, 2.24) is 10.4 Å². The van der Waals surface area contributed by atoms with Crippen molar-refractivity contribution >= 4 is 46.2 Å². The monoisotopic (exact) mass is 345 g/mol. The molecule has 0 radical (unpaired) electrons. The van der Waals surface area contributed by atoms with Gasteiger partial charge in [-0.2, -0.15) is 5.10 Å². The van der Waals surface area contributed by atoms with Gasteiger partial charge in [-0.1, -0.05) is 47.5 Å². The molecule has 1 amide bonds. The predicted octanol–water partition coefficient (Wildman–Crippen LogP) is 4.17. The van der Waals surface area contributed by atoms with Crippen molar-refractivity contribution in [2.24, 2.45) is 5.10 Å². The van der Waals surface area contributed by atoms with Gasteiger partial charge >= 0.3 is 0 Å². The van der Waals surface area contributed by atoms with Crippen LogP contribution >= 0.6 is 23.2 Å². The van der Waals surface area contributed by atoms with Crippen LogP contribution in [-0.2, 0) is 11.2 Å². The van der Waals surface area contributed by atoms with Crippen LogP contribution in [0.25, 0.3) is 10.9 Å². The van der Waals surface area contributed by atoms with Crippen molar-refractivity contribution in [1.29, 1.82) is 0 Å². The Hall–Kier alpha value is -2.30. The summed E-state index contributed by atoms with van der Waals surface area (Å²) in [6, 6.07) is 14.9. The maximum atomic E-state index is 11.9. The van der Waals surface area contributed by atoms with E-state index in [-0.39, 0.29) is 12.3 Å². The first-order valence-corrected chi connectivity index (χ1v) is 7.71. The summed E-state index contributed by atoms with van der Waals surface area (Å²) in [6.07, 6.45) is 1.71. The Morgan fingerprint density at radius 1 is 1.17 bits per heavy atom. The van der Waals surface area contributed by atoms with E-state index in [9.17, 15) is 4.79 Å². The van der Waals surface area contributed by atoms with Gasteiger partial charge in [0.2, 0.25) is 5.91 Å². The van der Waals surface area contributed by atoms with E-state index in [0.717, 1.165) is 16.6 Å². The van der Waals surface area contributed by atoms with Crippen molar-refractivity contribution in [3.05, 3.63) is 69.8 Å². The minimum atomic E-state index is -0.210. The number of H-pyrrole nitrogens is 1. The van der Waals surface area contributed by atoms with Gasteiger partial charge in [-0.3, -0.25) is 4.79 Å². The standard InChI is InChI=1S/C17H13Cl2N3O/c18-13-6-5-12(15(19)8-13)10-20-22-17(23)9-14-7-11-3-1-2-4-16(11)21-14/h1-8,10,21H,9H2,(H,22,23). The van der Waals surface area contributed by atoms with Crippen LogP contribution in [0.1, 0.15) is 11.3 Å². The molecule has 2 N–H and O–H groups in total. The van der Waals surface area contributed by atoms with Crippen molar-refractivity contribution in [3.63, 3.8) is 0 Å². The van der Waals surface area contributed by atoms with Gasteiger partial charge in [-0.15, -0.1) is 0 Å². The molecule has 6 heteroatoms. The lowest BCUT2D eigenvalue weighted by atomic mass is 10.2. The summed E-state index contributed by atoms with van der Waals surface area (Å²) in [5.74, 6) is -0.210. The molecule has 0 aliphatic carbocycles. The zero-order valence-corrected chi connectivity index (χ0v) is 13.5. The quantitative estimate of drug-likeness (QED) is 0.541. The first kappa shape index (κ1) is 15.6. The number of halogens is 2. The Morgan fingerprint density at radius 2 is 2.00 bits per heavy atom. The average Bonchev–Trinajstić information content (AvgIpc) is 2.91. The van der Waals surface area contributed by atoms with Crippen LogP contribution < -0.4 is 5.43 Å². The van der Waals surface area contributed by atoms with Gasteiger partial charge < -0.3 is 4.98 Å². The molecule has 0 saturated heterocycles. The van der Waals surface area contributed by atoms with Crippen LogP contribution in [0.15, 0.2) is 53.6 Å². The molecular weight excluding hydrogens is 333 g/mol. The number of rotatable bonds is 4. The Balaban J connectivity index is 1.61. The van der Waals surface area contributed by atoms with Crippen molar-refractivity contribution < 1.29 is 4.79 Å². The zero-order valence-electron chi connectivity index (χ0n) is 12.0. The maximum Gasteiger partial charge on any atom is 0.245 e. The number of amides is 1. The molecule has 0 spiro atoms. The fraction of sp³-hybridized carbons (Fsp3) is 0.0588. The van der Waals surface area contributed by atoms with Crippen LogP contribution in [0.2, 0.25) is 10.0 Å². The first-order valence-electron chi connectivity index (χ1n) is 6.95. The van der Waals surface area contributed by atoms with E-state index in [1.165, 1.54) is 6.21 Å². The lowest BCUT2D eigenvalue weighted by molar-refractivity contribution is -0.120. The minimum Gasteiger partial charge on any atom is -0.358 e. The smallest absolute Gasteiger partial charge is 0.245 e. The normalized spacial score (nSPS) is 11.2. The average molecular weight is 346 g/mol. The van der Waals surface area contributed by atoms with Gasteiger partial charge in [-0.25, -0.2) is 5.43 Å². The summed E-state index contributed by atoms with van der Waals surface area (Å²) in [5, 5.41) is 6.02. The highest BCUT2D eigenvalue weighted by Crippen LogP contribution is 2.19. The highest BCUT2D eigenvalue weighted by molar-refractivity contribution is 6.36. The number of carbonyl (C=O) groups excluding carboxylic acids is 1. The van der Waals surface area contributed by atoms with Crippen molar-refractivity contribution in [2.75, 3.05) is 0 Å². The number of nitrogens with zero attached hydrogens (tertiary/aromatic N) is 1. The highest BCUT2D eigenvalue weighted by atomic mass is 35.5. The van der Waals surface area contributed by atoms with E-state index in [1.54, 1.807) is 18.2 Å².